The van der Waals surface area contributed by atoms with E-state index >= 15 is 0 Å². The molecule has 136 valence electrons. The fourth-order valence-electron chi connectivity index (χ4n) is 2.58. The van der Waals surface area contributed by atoms with Gasteiger partial charge in [0.25, 0.3) is 0 Å². The minimum atomic E-state index is 0.573. The summed E-state index contributed by atoms with van der Waals surface area (Å²) in [4.78, 5) is 4.07. The van der Waals surface area contributed by atoms with Crippen molar-refractivity contribution in [3.05, 3.63) is 72.4 Å². The summed E-state index contributed by atoms with van der Waals surface area (Å²) in [6.07, 6.45) is 5.00. The third-order valence-electron chi connectivity index (χ3n) is 3.96. The first-order valence-electron chi connectivity index (χ1n) is 8.26. The number of rotatable bonds is 6. The number of hydrogen-bond acceptors (Lipinski definition) is 7. The monoisotopic (exact) mass is 379 g/mol. The molecule has 7 nitrogen and oxygen atoms in total. The Balaban J connectivity index is 1.52. The van der Waals surface area contributed by atoms with Crippen molar-refractivity contribution in [3.63, 3.8) is 0 Å². The molecule has 2 N–H and O–H groups in total. The lowest BCUT2D eigenvalue weighted by Crippen LogP contribution is -2.11. The molecule has 1 aromatic carbocycles. The van der Waals surface area contributed by atoms with E-state index < -0.39 is 0 Å². The van der Waals surface area contributed by atoms with Crippen LogP contribution in [0.15, 0.2) is 70.7 Å². The average Bonchev–Trinajstić information content (AvgIpc) is 3.27. The van der Waals surface area contributed by atoms with Gasteiger partial charge in [-0.05, 0) is 31.2 Å². The molecule has 4 aromatic rings. The predicted molar refractivity (Wildman–Crippen MR) is 103 cm³/mol. The number of thioether (sulfide) groups is 1. The molecule has 0 radical (unpaired) electrons. The normalized spacial score (nSPS) is 10.9. The SMILES string of the molecule is Cc1occc1-c1nnc(SCc2ccccc2Oc2cccnc2)n1N. The smallest absolute Gasteiger partial charge is 0.210 e. The highest BCUT2D eigenvalue weighted by Crippen LogP contribution is 2.31. The standard InChI is InChI=1S/C19H17N5O2S/c1-13-16(8-10-25-13)18-22-23-19(24(18)20)27-12-14-5-2-3-7-17(14)26-15-6-4-9-21-11-15/h2-11H,12,20H2,1H3. The maximum absolute atomic E-state index is 6.18. The van der Waals surface area contributed by atoms with Crippen molar-refractivity contribution in [1.82, 2.24) is 19.9 Å². The Hall–Kier alpha value is -3.26. The fourth-order valence-corrected chi connectivity index (χ4v) is 3.42. The van der Waals surface area contributed by atoms with Gasteiger partial charge in [0.1, 0.15) is 17.3 Å². The molecule has 3 aromatic heterocycles. The summed E-state index contributed by atoms with van der Waals surface area (Å²) < 4.78 is 12.7. The van der Waals surface area contributed by atoms with E-state index in [1.807, 2.05) is 49.4 Å². The molecule has 3 heterocycles. The highest BCUT2D eigenvalue weighted by Gasteiger charge is 2.16. The average molecular weight is 379 g/mol. The van der Waals surface area contributed by atoms with Crippen LogP contribution in [0, 0.1) is 6.92 Å². The Morgan fingerprint density at radius 1 is 1.15 bits per heavy atom. The minimum absolute atomic E-state index is 0.573. The number of aryl methyl sites for hydroxylation is 1. The van der Waals surface area contributed by atoms with E-state index in [1.165, 1.54) is 16.4 Å². The molecule has 8 heteroatoms. The second-order valence-electron chi connectivity index (χ2n) is 5.75. The van der Waals surface area contributed by atoms with Gasteiger partial charge in [-0.25, -0.2) is 4.68 Å². The Bertz CT molecular complexity index is 1050. The van der Waals surface area contributed by atoms with Gasteiger partial charge in [0, 0.05) is 17.5 Å². The van der Waals surface area contributed by atoms with Crippen LogP contribution in [0.3, 0.4) is 0 Å². The summed E-state index contributed by atoms with van der Waals surface area (Å²) in [5.74, 6) is 9.60. The number of pyridine rings is 1. The van der Waals surface area contributed by atoms with E-state index in [0.717, 1.165) is 22.6 Å². The van der Waals surface area contributed by atoms with Crippen LogP contribution in [-0.4, -0.2) is 19.9 Å². The third kappa shape index (κ3) is 3.65. The second kappa shape index (κ2) is 7.55. The fraction of sp³-hybridized carbons (Fsp3) is 0.105. The zero-order chi connectivity index (χ0) is 18.6. The van der Waals surface area contributed by atoms with Crippen LogP contribution in [0.25, 0.3) is 11.4 Å². The molecule has 0 aliphatic heterocycles. The predicted octanol–water partition coefficient (Wildman–Crippen LogP) is 4.04. The molecule has 0 aliphatic rings. The molecule has 0 spiro atoms. The highest BCUT2D eigenvalue weighted by atomic mass is 32.2. The lowest BCUT2D eigenvalue weighted by molar-refractivity contribution is 0.476. The van der Waals surface area contributed by atoms with Crippen LogP contribution >= 0.6 is 11.8 Å². The molecule has 0 saturated carbocycles. The zero-order valence-corrected chi connectivity index (χ0v) is 15.4. The van der Waals surface area contributed by atoms with Crippen LogP contribution in [0.1, 0.15) is 11.3 Å². The van der Waals surface area contributed by atoms with Crippen LogP contribution in [0.5, 0.6) is 11.5 Å². The number of aromatic nitrogens is 4. The third-order valence-corrected chi connectivity index (χ3v) is 4.95. The van der Waals surface area contributed by atoms with Crippen molar-refractivity contribution in [2.75, 3.05) is 5.84 Å². The molecule has 0 saturated heterocycles. The largest absolute Gasteiger partial charge is 0.469 e. The second-order valence-corrected chi connectivity index (χ2v) is 6.70. The summed E-state index contributed by atoms with van der Waals surface area (Å²) in [5, 5.41) is 9.00. The van der Waals surface area contributed by atoms with Gasteiger partial charge in [-0.2, -0.15) is 0 Å². The number of nitrogen functional groups attached to an aromatic ring is 1. The van der Waals surface area contributed by atoms with Gasteiger partial charge in [-0.3, -0.25) is 4.98 Å². The van der Waals surface area contributed by atoms with Crippen molar-refractivity contribution in [3.8, 4) is 22.9 Å². The summed E-state index contributed by atoms with van der Waals surface area (Å²) in [6.45, 7) is 1.86. The van der Waals surface area contributed by atoms with Crippen LogP contribution < -0.4 is 10.6 Å². The quantitative estimate of drug-likeness (QED) is 0.399. The highest BCUT2D eigenvalue weighted by molar-refractivity contribution is 7.98. The van der Waals surface area contributed by atoms with Crippen molar-refractivity contribution < 1.29 is 9.15 Å². The van der Waals surface area contributed by atoms with Gasteiger partial charge in [0.15, 0.2) is 5.82 Å². The Kier molecular flexibility index (Phi) is 4.80. The van der Waals surface area contributed by atoms with E-state index in [1.54, 1.807) is 18.7 Å². The Morgan fingerprint density at radius 2 is 2.04 bits per heavy atom. The van der Waals surface area contributed by atoms with Crippen LogP contribution in [0.2, 0.25) is 0 Å². The van der Waals surface area contributed by atoms with E-state index in [4.69, 9.17) is 15.0 Å². The topological polar surface area (TPSA) is 92.0 Å². The van der Waals surface area contributed by atoms with Gasteiger partial charge in [-0.15, -0.1) is 10.2 Å². The first-order chi connectivity index (χ1) is 13.2. The number of nitrogens with two attached hydrogens (primary N) is 1. The number of hydrogen-bond donors (Lipinski definition) is 1. The van der Waals surface area contributed by atoms with Crippen molar-refractivity contribution in [1.29, 1.82) is 0 Å². The Labute approximate surface area is 160 Å². The first kappa shape index (κ1) is 17.2. The maximum atomic E-state index is 6.18. The molecule has 27 heavy (non-hydrogen) atoms. The molecule has 0 aliphatic carbocycles. The Morgan fingerprint density at radius 3 is 2.81 bits per heavy atom. The molecule has 0 atom stereocenters. The van der Waals surface area contributed by atoms with Crippen LogP contribution in [-0.2, 0) is 5.75 Å². The molecular weight excluding hydrogens is 362 g/mol. The summed E-state index contributed by atoms with van der Waals surface area (Å²) >= 11 is 1.49. The van der Waals surface area contributed by atoms with Crippen LogP contribution in [0.4, 0.5) is 0 Å². The number of ether oxygens (including phenoxy) is 1. The first-order valence-corrected chi connectivity index (χ1v) is 9.24. The van der Waals surface area contributed by atoms with Crippen molar-refractivity contribution in [2.24, 2.45) is 0 Å². The summed E-state index contributed by atoms with van der Waals surface area (Å²) in [7, 11) is 0. The molecule has 4 rings (SSSR count). The summed E-state index contributed by atoms with van der Waals surface area (Å²) in [6, 6.07) is 13.4. The molecule has 0 bridgehead atoms. The minimum Gasteiger partial charge on any atom is -0.469 e. The number of para-hydroxylation sites is 1. The number of furan rings is 1. The van der Waals surface area contributed by atoms with E-state index in [-0.39, 0.29) is 0 Å². The van der Waals surface area contributed by atoms with Gasteiger partial charge < -0.3 is 15.0 Å². The van der Waals surface area contributed by atoms with E-state index in [9.17, 15) is 0 Å². The van der Waals surface area contributed by atoms with Gasteiger partial charge in [0.2, 0.25) is 5.16 Å². The lowest BCUT2D eigenvalue weighted by atomic mass is 10.2. The maximum Gasteiger partial charge on any atom is 0.210 e. The van der Waals surface area contributed by atoms with Crippen molar-refractivity contribution in [2.45, 2.75) is 17.8 Å². The molecule has 0 amide bonds. The summed E-state index contributed by atoms with van der Waals surface area (Å²) in [5.41, 5.74) is 1.85. The number of benzene rings is 1. The molecule has 0 unspecified atom stereocenters. The van der Waals surface area contributed by atoms with Gasteiger partial charge in [-0.1, -0.05) is 30.0 Å². The van der Waals surface area contributed by atoms with Crippen molar-refractivity contribution >= 4 is 11.8 Å². The van der Waals surface area contributed by atoms with E-state index in [0.29, 0.717) is 22.5 Å². The zero-order valence-electron chi connectivity index (χ0n) is 14.6. The van der Waals surface area contributed by atoms with Gasteiger partial charge >= 0.3 is 0 Å². The van der Waals surface area contributed by atoms with Gasteiger partial charge in [0.05, 0.1) is 18.0 Å². The number of nitrogens with zero attached hydrogens (tertiary/aromatic N) is 4. The molecule has 0 fully saturated rings. The molecular formula is C19H17N5O2S. The van der Waals surface area contributed by atoms with E-state index in [2.05, 4.69) is 15.2 Å². The lowest BCUT2D eigenvalue weighted by Gasteiger charge is -2.10.